The number of nitrogens with two attached hydrogens (primary N) is 1. The lowest BCUT2D eigenvalue weighted by molar-refractivity contribution is 0.631. The maximum Gasteiger partial charge on any atom is 0.133 e. The molecule has 2 rings (SSSR count). The molecule has 1 nitrogen and oxygen atoms in total. The summed E-state index contributed by atoms with van der Waals surface area (Å²) in [6, 6.07) is 10.2. The van der Waals surface area contributed by atoms with Crippen LogP contribution in [0.4, 0.5) is 10.1 Å². The van der Waals surface area contributed by atoms with E-state index >= 15 is 0 Å². The average Bonchev–Trinajstić information content (AvgIpc) is 2.23. The van der Waals surface area contributed by atoms with E-state index in [0.717, 1.165) is 11.1 Å². The predicted octanol–water partition coefficient (Wildman–Crippen LogP) is 4.04. The van der Waals surface area contributed by atoms with Crippen molar-refractivity contribution in [3.8, 4) is 11.1 Å². The molecule has 0 heterocycles. The summed E-state index contributed by atoms with van der Waals surface area (Å²) < 4.78 is 13.7. The predicted molar refractivity (Wildman–Crippen MR) is 66.0 cm³/mol. The molecule has 0 aliphatic heterocycles. The average molecular weight is 236 g/mol. The number of benzene rings is 2. The second kappa shape index (κ2) is 4.14. The van der Waals surface area contributed by atoms with Gasteiger partial charge in [0.25, 0.3) is 0 Å². The molecule has 0 unspecified atom stereocenters. The number of rotatable bonds is 1. The lowest BCUT2D eigenvalue weighted by Crippen LogP contribution is -1.93. The highest BCUT2D eigenvalue weighted by Crippen LogP contribution is 2.28. The van der Waals surface area contributed by atoms with Crippen LogP contribution in [0.5, 0.6) is 0 Å². The van der Waals surface area contributed by atoms with E-state index in [1.165, 1.54) is 6.07 Å². The van der Waals surface area contributed by atoms with E-state index in [4.69, 9.17) is 17.3 Å². The monoisotopic (exact) mass is 235 g/mol. The highest BCUT2D eigenvalue weighted by molar-refractivity contribution is 6.30. The Kier molecular flexibility index (Phi) is 2.84. The third-order valence-electron chi connectivity index (χ3n) is 2.49. The molecule has 0 saturated heterocycles. The van der Waals surface area contributed by atoms with E-state index in [0.29, 0.717) is 16.3 Å². The van der Waals surface area contributed by atoms with Crippen molar-refractivity contribution in [3.05, 3.63) is 52.8 Å². The van der Waals surface area contributed by atoms with Gasteiger partial charge in [0.05, 0.1) is 0 Å². The first-order valence-corrected chi connectivity index (χ1v) is 5.27. The molecule has 0 aliphatic rings. The van der Waals surface area contributed by atoms with Gasteiger partial charge in [0.2, 0.25) is 0 Å². The number of nitrogen functional groups attached to an aromatic ring is 1. The molecular weight excluding hydrogens is 225 g/mol. The molecule has 0 aromatic heterocycles. The van der Waals surface area contributed by atoms with Gasteiger partial charge in [-0.1, -0.05) is 23.7 Å². The minimum Gasteiger partial charge on any atom is -0.398 e. The zero-order chi connectivity index (χ0) is 11.7. The summed E-state index contributed by atoms with van der Waals surface area (Å²) in [6.07, 6.45) is 0. The Morgan fingerprint density at radius 3 is 2.62 bits per heavy atom. The molecule has 0 amide bonds. The number of anilines is 1. The molecule has 3 heteroatoms. The molecule has 0 bridgehead atoms. The Labute approximate surface area is 98.7 Å². The van der Waals surface area contributed by atoms with Gasteiger partial charge in [-0.15, -0.1) is 0 Å². The number of hydrogen-bond acceptors (Lipinski definition) is 1. The fraction of sp³-hybridized carbons (Fsp3) is 0.0769. The van der Waals surface area contributed by atoms with Crippen molar-refractivity contribution in [3.63, 3.8) is 0 Å². The molecule has 2 N–H and O–H groups in total. The van der Waals surface area contributed by atoms with E-state index in [1.807, 2.05) is 13.0 Å². The number of hydrogen-bond donors (Lipinski definition) is 1. The van der Waals surface area contributed by atoms with Gasteiger partial charge in [-0.05, 0) is 42.3 Å². The molecule has 0 fully saturated rings. The van der Waals surface area contributed by atoms with E-state index in [2.05, 4.69) is 0 Å². The summed E-state index contributed by atoms with van der Waals surface area (Å²) in [4.78, 5) is 0. The first-order chi connectivity index (χ1) is 7.58. The Hall–Kier alpha value is -1.54. The van der Waals surface area contributed by atoms with Crippen LogP contribution in [0.1, 0.15) is 5.56 Å². The SMILES string of the molecule is Cc1cc(-c2cccc(Cl)c2)c(F)cc1N. The van der Waals surface area contributed by atoms with Crippen LogP contribution in [0.2, 0.25) is 5.02 Å². The topological polar surface area (TPSA) is 26.0 Å². The smallest absolute Gasteiger partial charge is 0.133 e. The summed E-state index contributed by atoms with van der Waals surface area (Å²) in [6.45, 7) is 1.85. The molecule has 0 radical (unpaired) electrons. The lowest BCUT2D eigenvalue weighted by atomic mass is 10.0. The largest absolute Gasteiger partial charge is 0.398 e. The third kappa shape index (κ3) is 2.02. The zero-order valence-corrected chi connectivity index (χ0v) is 9.55. The van der Waals surface area contributed by atoms with Crippen LogP contribution in [0, 0.1) is 12.7 Å². The van der Waals surface area contributed by atoms with Crippen LogP contribution in [0.25, 0.3) is 11.1 Å². The van der Waals surface area contributed by atoms with Crippen LogP contribution >= 0.6 is 11.6 Å². The van der Waals surface area contributed by atoms with Crippen molar-refractivity contribution >= 4 is 17.3 Å². The summed E-state index contributed by atoms with van der Waals surface area (Å²) in [5.41, 5.74) is 8.23. The van der Waals surface area contributed by atoms with Crippen LogP contribution in [0.3, 0.4) is 0 Å². The molecule has 0 spiro atoms. The van der Waals surface area contributed by atoms with Crippen LogP contribution in [-0.2, 0) is 0 Å². The van der Waals surface area contributed by atoms with Crippen LogP contribution < -0.4 is 5.73 Å². The minimum absolute atomic E-state index is 0.328. The van der Waals surface area contributed by atoms with Gasteiger partial charge in [0, 0.05) is 16.3 Å². The quantitative estimate of drug-likeness (QED) is 0.742. The molecule has 82 valence electrons. The fourth-order valence-electron chi connectivity index (χ4n) is 1.57. The standard InChI is InChI=1S/C13H11ClFN/c1-8-5-11(12(15)7-13(8)16)9-3-2-4-10(14)6-9/h2-7H,16H2,1H3. The van der Waals surface area contributed by atoms with Crippen molar-refractivity contribution in [2.24, 2.45) is 0 Å². The van der Waals surface area contributed by atoms with Crippen LogP contribution in [-0.4, -0.2) is 0 Å². The molecule has 0 aliphatic carbocycles. The van der Waals surface area contributed by atoms with E-state index < -0.39 is 0 Å². The lowest BCUT2D eigenvalue weighted by Gasteiger charge is -2.07. The molecule has 16 heavy (non-hydrogen) atoms. The van der Waals surface area contributed by atoms with Gasteiger partial charge in [0.15, 0.2) is 0 Å². The van der Waals surface area contributed by atoms with E-state index in [-0.39, 0.29) is 5.82 Å². The van der Waals surface area contributed by atoms with E-state index in [1.54, 1.807) is 24.3 Å². The number of aryl methyl sites for hydroxylation is 1. The normalized spacial score (nSPS) is 10.4. The van der Waals surface area contributed by atoms with Crippen molar-refractivity contribution in [1.29, 1.82) is 0 Å². The maximum atomic E-state index is 13.7. The second-order valence-corrected chi connectivity index (χ2v) is 4.14. The maximum absolute atomic E-state index is 13.7. The van der Waals surface area contributed by atoms with Crippen molar-refractivity contribution in [1.82, 2.24) is 0 Å². The van der Waals surface area contributed by atoms with Gasteiger partial charge >= 0.3 is 0 Å². The van der Waals surface area contributed by atoms with Crippen LogP contribution in [0.15, 0.2) is 36.4 Å². The Balaban J connectivity index is 2.60. The summed E-state index contributed by atoms with van der Waals surface area (Å²) in [7, 11) is 0. The van der Waals surface area contributed by atoms with Gasteiger partial charge in [0.1, 0.15) is 5.82 Å². The van der Waals surface area contributed by atoms with Gasteiger partial charge in [-0.3, -0.25) is 0 Å². The van der Waals surface area contributed by atoms with Gasteiger partial charge < -0.3 is 5.73 Å². The summed E-state index contributed by atoms with van der Waals surface area (Å²) >= 11 is 5.87. The first-order valence-electron chi connectivity index (χ1n) is 4.89. The van der Waals surface area contributed by atoms with Gasteiger partial charge in [-0.25, -0.2) is 4.39 Å². The highest BCUT2D eigenvalue weighted by Gasteiger charge is 2.07. The molecule has 0 atom stereocenters. The molecule has 2 aromatic rings. The first kappa shape index (κ1) is 11.0. The van der Waals surface area contributed by atoms with Crippen molar-refractivity contribution in [2.45, 2.75) is 6.92 Å². The fourth-order valence-corrected chi connectivity index (χ4v) is 1.76. The van der Waals surface area contributed by atoms with Gasteiger partial charge in [-0.2, -0.15) is 0 Å². The molecule has 2 aromatic carbocycles. The Morgan fingerprint density at radius 2 is 1.94 bits per heavy atom. The van der Waals surface area contributed by atoms with Crippen molar-refractivity contribution in [2.75, 3.05) is 5.73 Å². The van der Waals surface area contributed by atoms with Crippen molar-refractivity contribution < 1.29 is 4.39 Å². The summed E-state index contributed by atoms with van der Waals surface area (Å²) in [5, 5.41) is 0.589. The second-order valence-electron chi connectivity index (χ2n) is 3.70. The van der Waals surface area contributed by atoms with E-state index in [9.17, 15) is 4.39 Å². The Morgan fingerprint density at radius 1 is 1.19 bits per heavy atom. The molecule has 0 saturated carbocycles. The highest BCUT2D eigenvalue weighted by atomic mass is 35.5. The minimum atomic E-state index is -0.328. The zero-order valence-electron chi connectivity index (χ0n) is 8.80. The third-order valence-corrected chi connectivity index (χ3v) is 2.73. The molecular formula is C13H11ClFN. The summed E-state index contributed by atoms with van der Waals surface area (Å²) in [5.74, 6) is -0.328. The number of halogens is 2. The Bertz CT molecular complexity index is 537.